The second-order valence-corrected chi connectivity index (χ2v) is 10.9. The van der Waals surface area contributed by atoms with Crippen molar-refractivity contribution in [2.45, 2.75) is 45.7 Å². The van der Waals surface area contributed by atoms with Crippen LogP contribution in [0.3, 0.4) is 0 Å². The smallest absolute Gasteiger partial charge is 0.323 e. The number of nitrogens with zero attached hydrogens (tertiary/aromatic N) is 1. The number of piperidine rings is 1. The van der Waals surface area contributed by atoms with Gasteiger partial charge in [-0.3, -0.25) is 14.4 Å². The summed E-state index contributed by atoms with van der Waals surface area (Å²) in [7, 11) is 0. The maximum atomic E-state index is 13.4. The van der Waals surface area contributed by atoms with E-state index in [0.717, 1.165) is 16.8 Å². The Morgan fingerprint density at radius 2 is 1.54 bits per heavy atom. The third kappa shape index (κ3) is 7.58. The van der Waals surface area contributed by atoms with Crippen LogP contribution in [-0.2, 0) is 11.3 Å². The molecule has 4 rings (SSSR count). The van der Waals surface area contributed by atoms with Crippen molar-refractivity contribution in [2.24, 2.45) is 5.92 Å². The van der Waals surface area contributed by atoms with E-state index in [1.54, 1.807) is 55.1 Å². The molecule has 1 aliphatic rings. The summed E-state index contributed by atoms with van der Waals surface area (Å²) in [4.78, 5) is 51.7. The first-order chi connectivity index (χ1) is 19.5. The minimum atomic E-state index is -0.911. The normalized spacial score (nSPS) is 13.9. The summed E-state index contributed by atoms with van der Waals surface area (Å²) in [5.41, 5.74) is 3.22. The number of hydrogen-bond acceptors (Lipinski definition) is 5. The summed E-state index contributed by atoms with van der Waals surface area (Å²) in [5, 5.41) is 18.2. The van der Waals surface area contributed by atoms with Gasteiger partial charge in [0, 0.05) is 42.1 Å². The van der Waals surface area contributed by atoms with Gasteiger partial charge < -0.3 is 26.0 Å². The molecule has 41 heavy (non-hydrogen) atoms. The van der Waals surface area contributed by atoms with Crippen LogP contribution in [0.2, 0.25) is 0 Å². The molecule has 0 unspecified atom stereocenters. The lowest BCUT2D eigenvalue weighted by atomic mass is 9.91. The molecule has 1 saturated heterocycles. The quantitative estimate of drug-likeness (QED) is 0.264. The zero-order valence-electron chi connectivity index (χ0n) is 23.6. The van der Waals surface area contributed by atoms with Gasteiger partial charge in [0.25, 0.3) is 5.91 Å². The van der Waals surface area contributed by atoms with Crippen LogP contribution in [0.25, 0.3) is 0 Å². The van der Waals surface area contributed by atoms with Gasteiger partial charge in [-0.25, -0.2) is 4.79 Å². The van der Waals surface area contributed by atoms with Crippen molar-refractivity contribution in [1.29, 1.82) is 0 Å². The highest BCUT2D eigenvalue weighted by Gasteiger charge is 2.30. The van der Waals surface area contributed by atoms with Gasteiger partial charge in [-0.1, -0.05) is 42.5 Å². The van der Waals surface area contributed by atoms with Crippen molar-refractivity contribution in [1.82, 2.24) is 10.2 Å². The Bertz CT molecular complexity index is 1430. The monoisotopic (exact) mass is 556 g/mol. The van der Waals surface area contributed by atoms with Gasteiger partial charge in [0.15, 0.2) is 5.78 Å². The van der Waals surface area contributed by atoms with Crippen molar-refractivity contribution in [3.8, 4) is 0 Å². The van der Waals surface area contributed by atoms with E-state index in [9.17, 15) is 24.3 Å². The molecule has 0 atom stereocenters. The van der Waals surface area contributed by atoms with Crippen molar-refractivity contribution < 1.29 is 24.3 Å². The highest BCUT2D eigenvalue weighted by Crippen LogP contribution is 2.21. The second kappa shape index (κ2) is 12.8. The van der Waals surface area contributed by atoms with Crippen LogP contribution in [0.5, 0.6) is 0 Å². The number of aryl methyl sites for hydroxylation is 1. The molecule has 3 aromatic rings. The van der Waals surface area contributed by atoms with E-state index in [4.69, 9.17) is 0 Å². The summed E-state index contributed by atoms with van der Waals surface area (Å²) < 4.78 is 0. The Balaban J connectivity index is 1.32. The molecule has 0 spiro atoms. The Morgan fingerprint density at radius 1 is 0.878 bits per heavy atom. The minimum absolute atomic E-state index is 0.150. The van der Waals surface area contributed by atoms with Gasteiger partial charge in [-0.05, 0) is 75.1 Å². The number of ketones is 1. The third-order valence-electron chi connectivity index (χ3n) is 7.41. The summed E-state index contributed by atoms with van der Waals surface area (Å²) in [6.07, 6.45) is 0.850. The van der Waals surface area contributed by atoms with Crippen molar-refractivity contribution in [3.63, 3.8) is 0 Å². The van der Waals surface area contributed by atoms with Crippen LogP contribution in [-0.4, -0.2) is 52.3 Å². The summed E-state index contributed by atoms with van der Waals surface area (Å²) >= 11 is 0. The van der Waals surface area contributed by atoms with E-state index in [1.165, 1.54) is 0 Å². The molecule has 9 nitrogen and oxygen atoms in total. The highest BCUT2D eigenvalue weighted by atomic mass is 16.4. The molecule has 3 aromatic carbocycles. The molecule has 0 aromatic heterocycles. The predicted molar refractivity (Wildman–Crippen MR) is 158 cm³/mol. The number of likely N-dealkylation sites (tertiary alicyclic amines) is 1. The number of benzene rings is 3. The van der Waals surface area contributed by atoms with E-state index in [-0.39, 0.29) is 17.7 Å². The lowest BCUT2D eigenvalue weighted by Gasteiger charge is -2.30. The average molecular weight is 557 g/mol. The van der Waals surface area contributed by atoms with E-state index >= 15 is 0 Å². The number of para-hydroxylation sites is 1. The number of aliphatic carboxylic acids is 1. The molecule has 0 bridgehead atoms. The van der Waals surface area contributed by atoms with Crippen LogP contribution in [0.4, 0.5) is 16.2 Å². The Morgan fingerprint density at radius 3 is 2.20 bits per heavy atom. The van der Waals surface area contributed by atoms with Gasteiger partial charge >= 0.3 is 12.0 Å². The lowest BCUT2D eigenvalue weighted by molar-refractivity contribution is -0.143. The first-order valence-electron chi connectivity index (χ1n) is 13.7. The van der Waals surface area contributed by atoms with Crippen LogP contribution in [0.1, 0.15) is 58.5 Å². The van der Waals surface area contributed by atoms with Gasteiger partial charge in [0.2, 0.25) is 0 Å². The van der Waals surface area contributed by atoms with E-state index in [0.29, 0.717) is 49.3 Å². The van der Waals surface area contributed by atoms with Crippen molar-refractivity contribution in [2.75, 3.05) is 23.7 Å². The standard InChI is InChI=1S/C32H36N4O5/c1-21-7-4-5-10-27(21)35-31(41)34-26-13-11-22(12-14-26)20-33-32(2,3)28(37)24-8-6-9-25(19-24)29(38)36-17-15-23(16-18-36)30(39)40/h4-14,19,23,33H,15-18,20H2,1-3H3,(H,39,40)(H2,34,35,41). The van der Waals surface area contributed by atoms with Crippen LogP contribution >= 0.6 is 0 Å². The van der Waals surface area contributed by atoms with Crippen molar-refractivity contribution in [3.05, 3.63) is 95.1 Å². The zero-order valence-corrected chi connectivity index (χ0v) is 23.6. The van der Waals surface area contributed by atoms with Gasteiger partial charge in [-0.15, -0.1) is 0 Å². The predicted octanol–water partition coefficient (Wildman–Crippen LogP) is 5.33. The number of nitrogens with one attached hydrogen (secondary N) is 3. The third-order valence-corrected chi connectivity index (χ3v) is 7.41. The van der Waals surface area contributed by atoms with E-state index in [2.05, 4.69) is 16.0 Å². The summed E-state index contributed by atoms with van der Waals surface area (Å²) in [5.74, 6) is -1.60. The lowest BCUT2D eigenvalue weighted by Crippen LogP contribution is -2.46. The fourth-order valence-corrected chi connectivity index (χ4v) is 4.77. The molecule has 1 fully saturated rings. The van der Waals surface area contributed by atoms with Crippen LogP contribution < -0.4 is 16.0 Å². The maximum Gasteiger partial charge on any atom is 0.323 e. The molecule has 1 aliphatic heterocycles. The molecule has 9 heteroatoms. The Labute approximate surface area is 239 Å². The number of rotatable bonds is 9. The Hall–Kier alpha value is -4.50. The molecule has 0 radical (unpaired) electrons. The molecule has 3 amide bonds. The highest BCUT2D eigenvalue weighted by molar-refractivity contribution is 6.05. The largest absolute Gasteiger partial charge is 0.481 e. The molecule has 0 aliphatic carbocycles. The second-order valence-electron chi connectivity index (χ2n) is 10.9. The fraction of sp³-hybridized carbons (Fsp3) is 0.312. The summed E-state index contributed by atoms with van der Waals surface area (Å²) in [6, 6.07) is 21.3. The van der Waals surface area contributed by atoms with Crippen LogP contribution in [0, 0.1) is 12.8 Å². The number of amides is 3. The number of urea groups is 1. The maximum absolute atomic E-state index is 13.4. The van der Waals surface area contributed by atoms with Gasteiger partial charge in [0.05, 0.1) is 11.5 Å². The SMILES string of the molecule is Cc1ccccc1NC(=O)Nc1ccc(CNC(C)(C)C(=O)c2cccc(C(=O)N3CCC(C(=O)O)CC3)c2)cc1. The molecular formula is C32H36N4O5. The molecule has 4 N–H and O–H groups in total. The van der Waals surface area contributed by atoms with E-state index in [1.807, 2.05) is 43.3 Å². The molecular weight excluding hydrogens is 520 g/mol. The first kappa shape index (κ1) is 29.5. The number of carboxylic acids is 1. The van der Waals surface area contributed by atoms with Gasteiger partial charge in [0.1, 0.15) is 0 Å². The number of carbonyl (C=O) groups excluding carboxylic acids is 3. The molecule has 0 saturated carbocycles. The summed E-state index contributed by atoms with van der Waals surface area (Å²) in [6.45, 7) is 6.71. The topological polar surface area (TPSA) is 128 Å². The number of carbonyl (C=O) groups is 4. The zero-order chi connectivity index (χ0) is 29.6. The Kier molecular flexibility index (Phi) is 9.19. The number of anilines is 2. The number of hydrogen-bond donors (Lipinski definition) is 4. The molecule has 1 heterocycles. The number of carboxylic acid groups (broad SMARTS) is 1. The minimum Gasteiger partial charge on any atom is -0.481 e. The van der Waals surface area contributed by atoms with Crippen LogP contribution in [0.15, 0.2) is 72.8 Å². The average Bonchev–Trinajstić information content (AvgIpc) is 2.97. The molecule has 214 valence electrons. The van der Waals surface area contributed by atoms with Gasteiger partial charge in [-0.2, -0.15) is 0 Å². The number of Topliss-reactive ketones (excluding diaryl/α,β-unsaturated/α-hetero) is 1. The fourth-order valence-electron chi connectivity index (χ4n) is 4.77. The first-order valence-corrected chi connectivity index (χ1v) is 13.7. The van der Waals surface area contributed by atoms with Crippen molar-refractivity contribution >= 4 is 35.1 Å². The van der Waals surface area contributed by atoms with E-state index < -0.39 is 17.4 Å².